The van der Waals surface area contributed by atoms with Crippen molar-refractivity contribution >= 4 is 17.8 Å². The van der Waals surface area contributed by atoms with Gasteiger partial charge in [-0.05, 0) is 56.5 Å². The molecule has 2 amide bonds. The van der Waals surface area contributed by atoms with E-state index in [0.717, 1.165) is 11.1 Å². The van der Waals surface area contributed by atoms with E-state index in [1.165, 1.54) is 12.0 Å². The van der Waals surface area contributed by atoms with Gasteiger partial charge in [0.05, 0.1) is 19.4 Å². The summed E-state index contributed by atoms with van der Waals surface area (Å²) in [6.07, 6.45) is 0.0437. The predicted molar refractivity (Wildman–Crippen MR) is 120 cm³/mol. The highest BCUT2D eigenvalue weighted by atomic mass is 16.6. The maximum absolute atomic E-state index is 13.0. The summed E-state index contributed by atoms with van der Waals surface area (Å²) in [5.41, 5.74) is 8.09. The smallest absolute Gasteiger partial charge is 0.306 e. The number of amides is 2. The van der Waals surface area contributed by atoms with Crippen molar-refractivity contribution in [1.82, 2.24) is 9.88 Å². The summed E-state index contributed by atoms with van der Waals surface area (Å²) >= 11 is 0. The molecule has 2 aromatic rings. The number of nitrogens with two attached hydrogens (primary N) is 1. The zero-order valence-corrected chi connectivity index (χ0v) is 19.3. The van der Waals surface area contributed by atoms with Crippen LogP contribution in [0.25, 0.3) is 11.3 Å². The lowest BCUT2D eigenvalue weighted by molar-refractivity contribution is -0.155. The van der Waals surface area contributed by atoms with Gasteiger partial charge in [0.1, 0.15) is 11.6 Å². The highest BCUT2D eigenvalue weighted by molar-refractivity contribution is 6.01. The third-order valence-electron chi connectivity index (χ3n) is 5.23. The first-order valence-electron chi connectivity index (χ1n) is 10.6. The van der Waals surface area contributed by atoms with Crippen LogP contribution in [0.4, 0.5) is 0 Å². The number of ether oxygens (including phenoxy) is 2. The van der Waals surface area contributed by atoms with Gasteiger partial charge in [0, 0.05) is 30.2 Å². The van der Waals surface area contributed by atoms with Gasteiger partial charge in [-0.2, -0.15) is 0 Å². The molecular formula is C24H29N3O6. The molecule has 0 radical (unpaired) electrons. The maximum Gasteiger partial charge on any atom is 0.306 e. The van der Waals surface area contributed by atoms with Gasteiger partial charge in [0.15, 0.2) is 0 Å². The zero-order valence-electron chi connectivity index (χ0n) is 19.3. The molecule has 176 valence electrons. The fourth-order valence-corrected chi connectivity index (χ4v) is 3.76. The fraction of sp³-hybridized carbons (Fsp3) is 0.417. The molecule has 33 heavy (non-hydrogen) atoms. The summed E-state index contributed by atoms with van der Waals surface area (Å²) in [5.74, 6) is -1.09. The fourth-order valence-electron chi connectivity index (χ4n) is 3.76. The van der Waals surface area contributed by atoms with Crippen LogP contribution >= 0.6 is 0 Å². The number of aromatic nitrogens is 1. The van der Waals surface area contributed by atoms with Crippen molar-refractivity contribution in [2.45, 2.75) is 58.4 Å². The van der Waals surface area contributed by atoms with Gasteiger partial charge >= 0.3 is 5.97 Å². The van der Waals surface area contributed by atoms with Crippen LogP contribution in [0.1, 0.15) is 55.1 Å². The summed E-state index contributed by atoms with van der Waals surface area (Å²) < 4.78 is 10.5. The van der Waals surface area contributed by atoms with E-state index in [9.17, 15) is 19.5 Å². The molecule has 0 spiro atoms. The highest BCUT2D eigenvalue weighted by Gasteiger charge is 2.36. The number of carbonyl (C=O) groups is 3. The third kappa shape index (κ3) is 5.67. The summed E-state index contributed by atoms with van der Waals surface area (Å²) in [7, 11) is 1.49. The molecule has 0 fully saturated rings. The van der Waals surface area contributed by atoms with E-state index >= 15 is 0 Å². The van der Waals surface area contributed by atoms with Crippen LogP contribution in [0, 0.1) is 0 Å². The number of rotatable bonds is 8. The first-order valence-corrected chi connectivity index (χ1v) is 10.6. The number of hydrogen-bond donors (Lipinski definition) is 2. The summed E-state index contributed by atoms with van der Waals surface area (Å²) in [6, 6.07) is 7.71. The van der Waals surface area contributed by atoms with E-state index in [1.807, 2.05) is 6.07 Å². The average Bonchev–Trinajstić information content (AvgIpc) is 3.07. The highest BCUT2D eigenvalue weighted by Crippen LogP contribution is 2.31. The van der Waals surface area contributed by atoms with Gasteiger partial charge in [0.25, 0.3) is 5.91 Å². The molecule has 2 heterocycles. The van der Waals surface area contributed by atoms with Crippen molar-refractivity contribution in [3.8, 4) is 17.1 Å². The number of benzene rings is 1. The van der Waals surface area contributed by atoms with Crippen LogP contribution in [0.3, 0.4) is 0 Å². The molecule has 3 rings (SSSR count). The summed E-state index contributed by atoms with van der Waals surface area (Å²) in [6.45, 7) is 5.29. The minimum absolute atomic E-state index is 0.0338. The van der Waals surface area contributed by atoms with Crippen LogP contribution in [0.15, 0.2) is 30.3 Å². The Kier molecular flexibility index (Phi) is 7.02. The van der Waals surface area contributed by atoms with Crippen molar-refractivity contribution < 1.29 is 29.0 Å². The minimum atomic E-state index is -0.934. The van der Waals surface area contributed by atoms with E-state index in [1.54, 1.807) is 45.0 Å². The van der Waals surface area contributed by atoms with Crippen molar-refractivity contribution in [3.05, 3.63) is 47.0 Å². The molecule has 0 saturated carbocycles. The van der Waals surface area contributed by atoms with Gasteiger partial charge in [-0.15, -0.1) is 0 Å². The van der Waals surface area contributed by atoms with Gasteiger partial charge in [-0.3, -0.25) is 14.4 Å². The molecule has 1 aliphatic heterocycles. The van der Waals surface area contributed by atoms with Crippen LogP contribution in [0.2, 0.25) is 0 Å². The monoisotopic (exact) mass is 455 g/mol. The lowest BCUT2D eigenvalue weighted by Gasteiger charge is -2.25. The van der Waals surface area contributed by atoms with Gasteiger partial charge in [-0.25, -0.2) is 4.98 Å². The molecule has 3 N–H and O–H groups in total. The van der Waals surface area contributed by atoms with Gasteiger partial charge in [0.2, 0.25) is 11.8 Å². The second kappa shape index (κ2) is 9.58. The van der Waals surface area contributed by atoms with Crippen LogP contribution in [-0.4, -0.2) is 51.5 Å². The Morgan fingerprint density at radius 3 is 2.58 bits per heavy atom. The topological polar surface area (TPSA) is 132 Å². The number of pyridine rings is 1. The lowest BCUT2D eigenvalue weighted by atomic mass is 10.0. The molecule has 1 unspecified atom stereocenters. The summed E-state index contributed by atoms with van der Waals surface area (Å²) in [5, 5.41) is 9.51. The number of aliphatic hydroxyl groups is 1. The van der Waals surface area contributed by atoms with Crippen LogP contribution in [0.5, 0.6) is 5.88 Å². The van der Waals surface area contributed by atoms with Crippen molar-refractivity contribution in [2.75, 3.05) is 7.11 Å². The molecule has 9 heteroatoms. The van der Waals surface area contributed by atoms with Crippen LogP contribution in [-0.2, 0) is 27.5 Å². The average molecular weight is 456 g/mol. The second-order valence-electron chi connectivity index (χ2n) is 8.91. The number of methoxy groups -OCH3 is 1. The largest absolute Gasteiger partial charge is 0.481 e. The Morgan fingerprint density at radius 1 is 1.24 bits per heavy atom. The first-order chi connectivity index (χ1) is 15.5. The SMILES string of the molecule is COc1cc(CO)cc(-c2ccc3c(c2)CN(C(CCC(=O)OC(C)(C)C)C(N)=O)C3=O)n1. The molecule has 0 bridgehead atoms. The Bertz CT molecular complexity index is 1050. The molecule has 0 saturated heterocycles. The Morgan fingerprint density at radius 2 is 1.97 bits per heavy atom. The predicted octanol–water partition coefficient (Wildman–Crippen LogP) is 2.18. The minimum Gasteiger partial charge on any atom is -0.481 e. The Hall–Kier alpha value is -3.46. The van der Waals surface area contributed by atoms with Crippen molar-refractivity contribution in [3.63, 3.8) is 0 Å². The van der Waals surface area contributed by atoms with Gasteiger partial charge in [-0.1, -0.05) is 6.07 Å². The zero-order chi connectivity index (χ0) is 24.3. The van der Waals surface area contributed by atoms with Crippen molar-refractivity contribution in [1.29, 1.82) is 0 Å². The third-order valence-corrected chi connectivity index (χ3v) is 5.23. The molecule has 1 aromatic heterocycles. The number of primary amides is 1. The maximum atomic E-state index is 13.0. The van der Waals surface area contributed by atoms with E-state index < -0.39 is 23.5 Å². The summed E-state index contributed by atoms with van der Waals surface area (Å²) in [4.78, 5) is 43.0. The Balaban J connectivity index is 1.82. The number of hydrogen-bond acceptors (Lipinski definition) is 7. The molecule has 1 atom stereocenters. The molecular weight excluding hydrogens is 426 g/mol. The lowest BCUT2D eigenvalue weighted by Crippen LogP contribution is -2.45. The normalized spacial score (nSPS) is 14.1. The second-order valence-corrected chi connectivity index (χ2v) is 8.91. The molecule has 9 nitrogen and oxygen atoms in total. The molecule has 1 aliphatic rings. The number of aliphatic hydroxyl groups excluding tert-OH is 1. The standard InChI is InChI=1S/C24H29N3O6/c1-24(2,3)33-21(29)8-7-19(22(25)30)27-12-16-11-15(5-6-17(16)23(27)31)18-9-14(13-28)10-20(26-18)32-4/h5-6,9-11,19,28H,7-8,12-13H2,1-4H3,(H2,25,30). The van der Waals surface area contributed by atoms with E-state index in [4.69, 9.17) is 15.2 Å². The number of carbonyl (C=O) groups excluding carboxylic acids is 3. The Labute approximate surface area is 192 Å². The quantitative estimate of drug-likeness (QED) is 0.583. The molecule has 0 aliphatic carbocycles. The van der Waals surface area contributed by atoms with Crippen molar-refractivity contribution in [2.24, 2.45) is 5.73 Å². The number of esters is 1. The van der Waals surface area contributed by atoms with Crippen LogP contribution < -0.4 is 10.5 Å². The van der Waals surface area contributed by atoms with E-state index in [-0.39, 0.29) is 31.9 Å². The van der Waals surface area contributed by atoms with E-state index in [2.05, 4.69) is 4.98 Å². The molecule has 1 aromatic carbocycles. The number of nitrogens with zero attached hydrogens (tertiary/aromatic N) is 2. The van der Waals surface area contributed by atoms with E-state index in [0.29, 0.717) is 22.7 Å². The number of fused-ring (bicyclic) bond motifs is 1. The first kappa shape index (κ1) is 24.2. The van der Waals surface area contributed by atoms with Gasteiger partial charge < -0.3 is 25.2 Å².